The first kappa shape index (κ1) is 28.3. The Morgan fingerprint density at radius 3 is 1.81 bits per heavy atom. The van der Waals surface area contributed by atoms with Crippen LogP contribution in [-0.2, 0) is 19.0 Å². The molecule has 184 valence electrons. The normalized spacial score (nSPS) is 28.2. The maximum atomic E-state index is 12.2. The number of aliphatic hydroxyl groups excluding tert-OH is 3. The second kappa shape index (κ2) is 15.1. The Kier molecular flexibility index (Phi) is 13.8. The molecule has 0 amide bonds. The van der Waals surface area contributed by atoms with E-state index >= 15 is 0 Å². The summed E-state index contributed by atoms with van der Waals surface area (Å²) in [5.41, 5.74) is 0. The van der Waals surface area contributed by atoms with E-state index in [1.54, 1.807) is 0 Å². The highest BCUT2D eigenvalue weighted by molar-refractivity contribution is 5.70. The summed E-state index contributed by atoms with van der Waals surface area (Å²) in [6, 6.07) is 0. The number of rotatable bonds is 18. The molecule has 0 saturated carbocycles. The van der Waals surface area contributed by atoms with Gasteiger partial charge in [-0.25, -0.2) is 0 Å². The van der Waals surface area contributed by atoms with Crippen LogP contribution >= 0.6 is 0 Å². The van der Waals surface area contributed by atoms with E-state index in [4.69, 9.17) is 14.2 Å². The molecule has 0 aromatic carbocycles. The molecule has 0 unspecified atom stereocenters. The smallest absolute Gasteiger partial charge is 0.308 e. The number of hydrogen-bond acceptors (Lipinski definition) is 8. The van der Waals surface area contributed by atoms with E-state index in [9.17, 15) is 25.2 Å². The molecule has 0 aromatic heterocycles. The lowest BCUT2D eigenvalue weighted by atomic mass is 10.0. The molecule has 4 atom stereocenters. The van der Waals surface area contributed by atoms with Gasteiger partial charge in [0.2, 0.25) is 0 Å². The molecule has 0 bridgehead atoms. The van der Waals surface area contributed by atoms with Crippen LogP contribution in [0.25, 0.3) is 0 Å². The van der Waals surface area contributed by atoms with Crippen LogP contribution in [0.4, 0.5) is 0 Å². The third-order valence-electron chi connectivity index (χ3n) is 6.11. The van der Waals surface area contributed by atoms with Crippen LogP contribution in [0.1, 0.15) is 96.8 Å². The number of carbonyl (C=O) groups is 1. The Labute approximate surface area is 186 Å². The number of unbranched alkanes of at least 4 members (excludes halogenated alkanes) is 12. The molecule has 1 aliphatic rings. The van der Waals surface area contributed by atoms with Crippen LogP contribution in [0, 0.1) is 0 Å². The fraction of sp³-hybridized carbons (Fsp3) is 0.957. The van der Waals surface area contributed by atoms with Crippen molar-refractivity contribution in [2.24, 2.45) is 0 Å². The predicted octanol–water partition coefficient (Wildman–Crippen LogP) is 2.79. The van der Waals surface area contributed by atoms with Gasteiger partial charge in [-0.15, -0.1) is 0 Å². The van der Waals surface area contributed by atoms with Gasteiger partial charge in [-0.2, -0.15) is 0 Å². The minimum absolute atomic E-state index is 0.0712. The van der Waals surface area contributed by atoms with Gasteiger partial charge in [0.05, 0.1) is 6.61 Å². The van der Waals surface area contributed by atoms with Crippen molar-refractivity contribution in [1.29, 1.82) is 0 Å². The van der Waals surface area contributed by atoms with E-state index in [-0.39, 0.29) is 6.42 Å². The monoisotopic (exact) mass is 448 g/mol. The summed E-state index contributed by atoms with van der Waals surface area (Å²) in [6.07, 6.45) is 12.5. The summed E-state index contributed by atoms with van der Waals surface area (Å²) in [4.78, 5) is 12.2. The van der Waals surface area contributed by atoms with E-state index in [0.717, 1.165) is 26.4 Å². The van der Waals surface area contributed by atoms with Crippen LogP contribution < -0.4 is 0 Å². The molecule has 0 aromatic rings. The minimum atomic E-state index is -2.60. The molecule has 4 N–H and O–H groups in total. The molecular formula is C23H44O8. The number of esters is 1. The fourth-order valence-corrected chi connectivity index (χ4v) is 4.07. The molecule has 1 aliphatic heterocycles. The summed E-state index contributed by atoms with van der Waals surface area (Å²) >= 11 is 0. The summed E-state index contributed by atoms with van der Waals surface area (Å²) in [5.74, 6) is -5.47. The van der Waals surface area contributed by atoms with Crippen molar-refractivity contribution in [2.45, 2.75) is 121 Å². The zero-order chi connectivity index (χ0) is 23.2. The second-order valence-corrected chi connectivity index (χ2v) is 8.56. The molecule has 1 rings (SSSR count). The van der Waals surface area contributed by atoms with Crippen molar-refractivity contribution in [3.8, 4) is 0 Å². The highest BCUT2D eigenvalue weighted by Crippen LogP contribution is 2.41. The van der Waals surface area contributed by atoms with Gasteiger partial charge in [0.15, 0.2) is 6.10 Å². The first-order chi connectivity index (χ1) is 14.9. The lowest BCUT2D eigenvalue weighted by Gasteiger charge is -2.37. The molecule has 1 heterocycles. The molecule has 8 nitrogen and oxygen atoms in total. The third kappa shape index (κ3) is 8.26. The quantitative estimate of drug-likeness (QED) is 0.143. The van der Waals surface area contributed by atoms with Crippen LogP contribution in [0.2, 0.25) is 0 Å². The van der Waals surface area contributed by atoms with Crippen molar-refractivity contribution in [1.82, 2.24) is 0 Å². The summed E-state index contributed by atoms with van der Waals surface area (Å²) in [7, 11) is 1.15. The molecule has 8 heteroatoms. The third-order valence-corrected chi connectivity index (χ3v) is 6.11. The molecular weight excluding hydrogens is 404 g/mol. The minimum Gasteiger partial charge on any atom is -0.424 e. The Morgan fingerprint density at radius 1 is 0.903 bits per heavy atom. The topological polar surface area (TPSA) is 126 Å². The standard InChI is InChI=1S/C23H44O8/c1-3-4-5-6-7-8-9-10-11-12-13-14-15-16-20(26)31-23(28)21(27)19(17-24)30-22(23,18-25)29-2/h19,21,24-25,27-28H,3-18H2,1-2H3/t19-,21+,22-,23+/m1/s1. The van der Waals surface area contributed by atoms with Crippen LogP contribution in [0.5, 0.6) is 0 Å². The predicted molar refractivity (Wildman–Crippen MR) is 116 cm³/mol. The number of carbonyl (C=O) groups excluding carboxylic acids is 1. The van der Waals surface area contributed by atoms with Crippen LogP contribution in [-0.4, -0.2) is 70.5 Å². The molecule has 1 fully saturated rings. The molecule has 0 radical (unpaired) electrons. The van der Waals surface area contributed by atoms with Crippen molar-refractivity contribution in [3.63, 3.8) is 0 Å². The molecule has 0 spiro atoms. The average molecular weight is 449 g/mol. The first-order valence-electron chi connectivity index (χ1n) is 12.0. The number of hydrogen-bond donors (Lipinski definition) is 4. The zero-order valence-electron chi connectivity index (χ0n) is 19.4. The van der Waals surface area contributed by atoms with Gasteiger partial charge in [-0.1, -0.05) is 84.0 Å². The maximum Gasteiger partial charge on any atom is 0.308 e. The highest BCUT2D eigenvalue weighted by Gasteiger charge is 2.69. The summed E-state index contributed by atoms with van der Waals surface area (Å²) < 4.78 is 15.4. The van der Waals surface area contributed by atoms with Crippen LogP contribution in [0.15, 0.2) is 0 Å². The fourth-order valence-electron chi connectivity index (χ4n) is 4.07. The van der Waals surface area contributed by atoms with E-state index in [1.165, 1.54) is 57.8 Å². The van der Waals surface area contributed by atoms with Gasteiger partial charge in [0, 0.05) is 13.5 Å². The van der Waals surface area contributed by atoms with E-state index in [2.05, 4.69) is 6.92 Å². The first-order valence-corrected chi connectivity index (χ1v) is 12.0. The zero-order valence-corrected chi connectivity index (χ0v) is 19.4. The van der Waals surface area contributed by atoms with Crippen molar-refractivity contribution >= 4 is 5.97 Å². The van der Waals surface area contributed by atoms with Crippen molar-refractivity contribution in [2.75, 3.05) is 20.3 Å². The highest BCUT2D eigenvalue weighted by atomic mass is 16.8. The average Bonchev–Trinajstić information content (AvgIpc) is 2.98. The second-order valence-electron chi connectivity index (χ2n) is 8.56. The van der Waals surface area contributed by atoms with E-state index in [0.29, 0.717) is 6.42 Å². The summed E-state index contributed by atoms with van der Waals surface area (Å²) in [6.45, 7) is 0.738. The lowest BCUT2D eigenvalue weighted by Crippen LogP contribution is -2.62. The Balaban J connectivity index is 2.20. The lowest BCUT2D eigenvalue weighted by molar-refractivity contribution is -0.364. The number of methoxy groups -OCH3 is 1. The molecule has 1 saturated heterocycles. The van der Waals surface area contributed by atoms with Gasteiger partial charge in [-0.05, 0) is 6.42 Å². The summed E-state index contributed by atoms with van der Waals surface area (Å²) in [5, 5.41) is 39.9. The Morgan fingerprint density at radius 2 is 1.39 bits per heavy atom. The van der Waals surface area contributed by atoms with Crippen molar-refractivity contribution in [3.05, 3.63) is 0 Å². The van der Waals surface area contributed by atoms with Gasteiger partial charge >= 0.3 is 5.97 Å². The SMILES string of the molecule is CCCCCCCCCCCCCCCC(=O)O[C@@]1(O)[C@@H](O)[C@@H](CO)O[C@@]1(CO)OC. The largest absolute Gasteiger partial charge is 0.424 e. The Bertz CT molecular complexity index is 482. The number of aliphatic hydroxyl groups is 4. The van der Waals surface area contributed by atoms with Gasteiger partial charge < -0.3 is 34.6 Å². The van der Waals surface area contributed by atoms with Crippen molar-refractivity contribution < 1.29 is 39.4 Å². The van der Waals surface area contributed by atoms with Gasteiger partial charge in [0.25, 0.3) is 11.6 Å². The Hall–Kier alpha value is -0.770. The maximum absolute atomic E-state index is 12.2. The van der Waals surface area contributed by atoms with Crippen LogP contribution in [0.3, 0.4) is 0 Å². The van der Waals surface area contributed by atoms with Gasteiger partial charge in [0.1, 0.15) is 12.7 Å². The van der Waals surface area contributed by atoms with E-state index < -0.39 is 43.0 Å². The van der Waals surface area contributed by atoms with E-state index in [1.807, 2.05) is 0 Å². The van der Waals surface area contributed by atoms with Gasteiger partial charge in [-0.3, -0.25) is 4.79 Å². The number of ether oxygens (including phenoxy) is 3. The molecule has 0 aliphatic carbocycles. The molecule has 31 heavy (non-hydrogen) atoms.